The minimum absolute atomic E-state index is 0.0138. The lowest BCUT2D eigenvalue weighted by Crippen LogP contribution is -2.46. The summed E-state index contributed by atoms with van der Waals surface area (Å²) in [5.41, 5.74) is 5.29. The Morgan fingerprint density at radius 1 is 1.57 bits per heavy atom. The average molecular weight is 295 g/mol. The molecule has 0 aliphatic carbocycles. The molecule has 21 heavy (non-hydrogen) atoms. The SMILES string of the molecule is CC1(O)CCCN(CCC(=O)Nc2ccc(F)c(N)c2)C1. The lowest BCUT2D eigenvalue weighted by molar-refractivity contribution is -0.117. The van der Waals surface area contributed by atoms with Crippen LogP contribution in [0.1, 0.15) is 26.2 Å². The van der Waals surface area contributed by atoms with Crippen LogP contribution in [0.4, 0.5) is 15.8 Å². The third-order valence-corrected chi connectivity index (χ3v) is 3.69. The van der Waals surface area contributed by atoms with Crippen LogP contribution in [0.2, 0.25) is 0 Å². The summed E-state index contributed by atoms with van der Waals surface area (Å²) in [6.07, 6.45) is 2.06. The molecule has 0 aromatic heterocycles. The number of nitrogens with zero attached hydrogens (tertiary/aromatic N) is 1. The summed E-state index contributed by atoms with van der Waals surface area (Å²) < 4.78 is 13.0. The van der Waals surface area contributed by atoms with Crippen LogP contribution in [0, 0.1) is 5.82 Å². The van der Waals surface area contributed by atoms with Crippen molar-refractivity contribution in [2.75, 3.05) is 30.7 Å². The number of likely N-dealkylation sites (tertiary alicyclic amines) is 1. The molecular formula is C15H22FN3O2. The molecule has 5 nitrogen and oxygen atoms in total. The van der Waals surface area contributed by atoms with Crippen LogP contribution in [0.25, 0.3) is 0 Å². The average Bonchev–Trinajstić information content (AvgIpc) is 2.40. The van der Waals surface area contributed by atoms with Crippen molar-refractivity contribution in [3.05, 3.63) is 24.0 Å². The summed E-state index contributed by atoms with van der Waals surface area (Å²) in [7, 11) is 0. The number of nitrogens with one attached hydrogen (secondary N) is 1. The molecule has 6 heteroatoms. The molecule has 2 rings (SSSR count). The van der Waals surface area contributed by atoms with Crippen LogP contribution in [0.5, 0.6) is 0 Å². The van der Waals surface area contributed by atoms with E-state index in [-0.39, 0.29) is 11.6 Å². The summed E-state index contributed by atoms with van der Waals surface area (Å²) in [6.45, 7) is 3.90. The van der Waals surface area contributed by atoms with E-state index in [1.54, 1.807) is 0 Å². The van der Waals surface area contributed by atoms with Gasteiger partial charge in [0.05, 0.1) is 11.3 Å². The summed E-state index contributed by atoms with van der Waals surface area (Å²) in [5.74, 6) is -0.644. The van der Waals surface area contributed by atoms with Crippen molar-refractivity contribution in [3.63, 3.8) is 0 Å². The van der Waals surface area contributed by atoms with Gasteiger partial charge in [-0.15, -0.1) is 0 Å². The third kappa shape index (κ3) is 4.68. The molecule has 1 aliphatic heterocycles. The Hall–Kier alpha value is -1.66. The van der Waals surface area contributed by atoms with Gasteiger partial charge in [0.15, 0.2) is 0 Å². The fraction of sp³-hybridized carbons (Fsp3) is 0.533. The number of carbonyl (C=O) groups excluding carboxylic acids is 1. The molecule has 1 saturated heterocycles. The van der Waals surface area contributed by atoms with E-state index in [0.717, 1.165) is 19.4 Å². The predicted octanol–water partition coefficient (Wildman–Crippen LogP) is 1.58. The minimum Gasteiger partial charge on any atom is -0.396 e. The van der Waals surface area contributed by atoms with Gasteiger partial charge >= 0.3 is 0 Å². The van der Waals surface area contributed by atoms with Gasteiger partial charge in [0.2, 0.25) is 5.91 Å². The number of rotatable bonds is 4. The van der Waals surface area contributed by atoms with Gasteiger partial charge in [0.25, 0.3) is 0 Å². The number of piperidine rings is 1. The number of anilines is 2. The Labute approximate surface area is 123 Å². The predicted molar refractivity (Wildman–Crippen MR) is 80.4 cm³/mol. The highest BCUT2D eigenvalue weighted by Gasteiger charge is 2.28. The molecule has 1 aromatic carbocycles. The van der Waals surface area contributed by atoms with Crippen molar-refractivity contribution < 1.29 is 14.3 Å². The molecule has 1 aromatic rings. The van der Waals surface area contributed by atoms with E-state index < -0.39 is 11.4 Å². The van der Waals surface area contributed by atoms with Crippen LogP contribution in [-0.4, -0.2) is 41.1 Å². The smallest absolute Gasteiger partial charge is 0.225 e. The first-order valence-electron chi connectivity index (χ1n) is 7.15. The zero-order valence-electron chi connectivity index (χ0n) is 12.2. The first-order chi connectivity index (χ1) is 9.85. The highest BCUT2D eigenvalue weighted by molar-refractivity contribution is 5.91. The number of benzene rings is 1. The van der Waals surface area contributed by atoms with Crippen molar-refractivity contribution >= 4 is 17.3 Å². The summed E-state index contributed by atoms with van der Waals surface area (Å²) in [5, 5.41) is 12.7. The number of β-amino-alcohol motifs (C(OH)–C–C–N with tert-alkyl or cyclic N) is 1. The van der Waals surface area contributed by atoms with Crippen LogP contribution in [0.15, 0.2) is 18.2 Å². The second-order valence-corrected chi connectivity index (χ2v) is 5.91. The van der Waals surface area contributed by atoms with Crippen molar-refractivity contribution in [1.82, 2.24) is 4.90 Å². The topological polar surface area (TPSA) is 78.6 Å². The van der Waals surface area contributed by atoms with Gasteiger partial charge in [0.1, 0.15) is 5.82 Å². The molecule has 0 bridgehead atoms. The molecule has 1 aliphatic rings. The normalized spacial score (nSPS) is 23.0. The molecule has 1 fully saturated rings. The van der Waals surface area contributed by atoms with Gasteiger partial charge in [-0.3, -0.25) is 9.69 Å². The molecule has 1 unspecified atom stereocenters. The van der Waals surface area contributed by atoms with Crippen molar-refractivity contribution in [2.45, 2.75) is 31.8 Å². The number of hydrogen-bond acceptors (Lipinski definition) is 4. The first kappa shape index (κ1) is 15.7. The maximum atomic E-state index is 13.0. The zero-order chi connectivity index (χ0) is 15.5. The molecule has 4 N–H and O–H groups in total. The Bertz CT molecular complexity index is 520. The van der Waals surface area contributed by atoms with E-state index in [4.69, 9.17) is 5.73 Å². The number of nitrogen functional groups attached to an aromatic ring is 1. The van der Waals surface area contributed by atoms with Crippen molar-refractivity contribution in [1.29, 1.82) is 0 Å². The first-order valence-corrected chi connectivity index (χ1v) is 7.15. The van der Waals surface area contributed by atoms with Crippen LogP contribution in [-0.2, 0) is 4.79 Å². The monoisotopic (exact) mass is 295 g/mol. The number of aliphatic hydroxyl groups is 1. The van der Waals surface area contributed by atoms with Crippen LogP contribution < -0.4 is 11.1 Å². The summed E-state index contributed by atoms with van der Waals surface area (Å²) in [6, 6.07) is 4.11. The highest BCUT2D eigenvalue weighted by atomic mass is 19.1. The minimum atomic E-state index is -0.667. The molecule has 0 spiro atoms. The van der Waals surface area contributed by atoms with Crippen LogP contribution in [0.3, 0.4) is 0 Å². The molecule has 1 heterocycles. The molecular weight excluding hydrogens is 273 g/mol. The van der Waals surface area contributed by atoms with Gasteiger partial charge in [-0.05, 0) is 44.5 Å². The number of nitrogens with two attached hydrogens (primary N) is 1. The lowest BCUT2D eigenvalue weighted by atomic mass is 9.95. The third-order valence-electron chi connectivity index (χ3n) is 3.69. The standard InChI is InChI=1S/C15H22FN3O2/c1-15(21)6-2-7-19(10-15)8-5-14(20)18-11-3-4-12(16)13(17)9-11/h3-4,9,21H,2,5-8,10,17H2,1H3,(H,18,20). The second-order valence-electron chi connectivity index (χ2n) is 5.91. The van der Waals surface area contributed by atoms with Gasteiger partial charge in [-0.2, -0.15) is 0 Å². The molecule has 1 atom stereocenters. The number of amides is 1. The van der Waals surface area contributed by atoms with E-state index in [2.05, 4.69) is 10.2 Å². The van der Waals surface area contributed by atoms with E-state index in [1.807, 2.05) is 6.92 Å². The largest absolute Gasteiger partial charge is 0.396 e. The lowest BCUT2D eigenvalue weighted by Gasteiger charge is -2.36. The molecule has 1 amide bonds. The summed E-state index contributed by atoms with van der Waals surface area (Å²) in [4.78, 5) is 14.0. The maximum absolute atomic E-state index is 13.0. The molecule has 116 valence electrons. The highest BCUT2D eigenvalue weighted by Crippen LogP contribution is 2.20. The van der Waals surface area contributed by atoms with E-state index in [9.17, 15) is 14.3 Å². The Kier molecular flexibility index (Phi) is 4.80. The fourth-order valence-corrected chi connectivity index (χ4v) is 2.62. The number of carbonyl (C=O) groups is 1. The van der Waals surface area contributed by atoms with Crippen molar-refractivity contribution in [3.8, 4) is 0 Å². The molecule has 0 radical (unpaired) electrons. The van der Waals surface area contributed by atoms with Gasteiger partial charge in [-0.25, -0.2) is 4.39 Å². The van der Waals surface area contributed by atoms with Gasteiger partial charge in [0, 0.05) is 25.2 Å². The quantitative estimate of drug-likeness (QED) is 0.737. The fourth-order valence-electron chi connectivity index (χ4n) is 2.62. The van der Waals surface area contributed by atoms with Gasteiger partial charge < -0.3 is 16.2 Å². The van der Waals surface area contributed by atoms with E-state index in [0.29, 0.717) is 25.2 Å². The zero-order valence-corrected chi connectivity index (χ0v) is 12.2. The number of halogens is 1. The number of hydrogen-bond donors (Lipinski definition) is 3. The Balaban J connectivity index is 1.80. The van der Waals surface area contributed by atoms with Crippen LogP contribution >= 0.6 is 0 Å². The Morgan fingerprint density at radius 3 is 3.00 bits per heavy atom. The second kappa shape index (κ2) is 6.41. The van der Waals surface area contributed by atoms with E-state index >= 15 is 0 Å². The van der Waals surface area contributed by atoms with E-state index in [1.165, 1.54) is 18.2 Å². The summed E-state index contributed by atoms with van der Waals surface area (Å²) >= 11 is 0. The maximum Gasteiger partial charge on any atom is 0.225 e. The molecule has 0 saturated carbocycles. The Morgan fingerprint density at radius 2 is 2.33 bits per heavy atom. The van der Waals surface area contributed by atoms with Crippen molar-refractivity contribution in [2.24, 2.45) is 0 Å². The van der Waals surface area contributed by atoms with Gasteiger partial charge in [-0.1, -0.05) is 0 Å².